The zero-order chi connectivity index (χ0) is 14.1. The van der Waals surface area contributed by atoms with Crippen LogP contribution in [0.1, 0.15) is 69.4 Å². The normalized spacial score (nSPS) is 10.9. The molecule has 2 nitrogen and oxygen atoms in total. The second-order valence-corrected chi connectivity index (χ2v) is 5.26. The average Bonchev–Trinajstić information content (AvgIpc) is 2.39. The molecule has 0 amide bonds. The van der Waals surface area contributed by atoms with Crippen molar-refractivity contribution in [3.8, 4) is 0 Å². The molecule has 0 heterocycles. The summed E-state index contributed by atoms with van der Waals surface area (Å²) in [7, 11) is 0. The van der Waals surface area contributed by atoms with E-state index in [9.17, 15) is 4.79 Å². The fraction of sp³-hybridized carbons (Fsp3) is 0.588. The summed E-state index contributed by atoms with van der Waals surface area (Å²) in [4.78, 5) is 10.5. The molecule has 0 aromatic heterocycles. The highest BCUT2D eigenvalue weighted by Gasteiger charge is 2.09. The maximum atomic E-state index is 10.5. The molecule has 106 valence electrons. The van der Waals surface area contributed by atoms with E-state index in [1.165, 1.54) is 36.8 Å². The fourth-order valence-electron chi connectivity index (χ4n) is 2.57. The van der Waals surface area contributed by atoms with E-state index in [4.69, 9.17) is 5.11 Å². The molecule has 0 saturated heterocycles. The molecular formula is C17H26O2. The highest BCUT2D eigenvalue weighted by atomic mass is 16.4. The summed E-state index contributed by atoms with van der Waals surface area (Å²) in [5, 5.41) is 8.63. The molecule has 0 aliphatic rings. The van der Waals surface area contributed by atoms with Gasteiger partial charge in [0.2, 0.25) is 0 Å². The summed E-state index contributed by atoms with van der Waals surface area (Å²) in [6, 6.07) is 8.78. The van der Waals surface area contributed by atoms with E-state index in [-0.39, 0.29) is 6.42 Å². The van der Waals surface area contributed by atoms with Crippen LogP contribution in [-0.2, 0) is 11.2 Å². The monoisotopic (exact) mass is 262 g/mol. The first kappa shape index (κ1) is 15.7. The van der Waals surface area contributed by atoms with Gasteiger partial charge >= 0.3 is 5.97 Å². The van der Waals surface area contributed by atoms with Crippen LogP contribution in [0.25, 0.3) is 0 Å². The summed E-state index contributed by atoms with van der Waals surface area (Å²) >= 11 is 0. The van der Waals surface area contributed by atoms with Gasteiger partial charge < -0.3 is 5.11 Å². The summed E-state index contributed by atoms with van der Waals surface area (Å²) in [5.74, 6) is -0.0226. The van der Waals surface area contributed by atoms with Crippen LogP contribution in [0, 0.1) is 0 Å². The summed E-state index contributed by atoms with van der Waals surface area (Å²) < 4.78 is 0. The Kier molecular flexibility index (Phi) is 7.24. The van der Waals surface area contributed by atoms with Crippen LogP contribution in [0.4, 0.5) is 0 Å². The number of carbonyl (C=O) groups is 1. The third kappa shape index (κ3) is 5.91. The largest absolute Gasteiger partial charge is 0.481 e. The highest BCUT2D eigenvalue weighted by molar-refractivity contribution is 5.66. The van der Waals surface area contributed by atoms with Gasteiger partial charge in [-0.05, 0) is 42.7 Å². The fourth-order valence-corrected chi connectivity index (χ4v) is 2.57. The van der Waals surface area contributed by atoms with Crippen molar-refractivity contribution >= 4 is 5.97 Å². The van der Waals surface area contributed by atoms with Crippen LogP contribution < -0.4 is 0 Å². The Morgan fingerprint density at radius 2 is 1.68 bits per heavy atom. The van der Waals surface area contributed by atoms with Crippen molar-refractivity contribution in [3.05, 3.63) is 35.4 Å². The summed E-state index contributed by atoms with van der Waals surface area (Å²) in [5.41, 5.74) is 2.68. The third-order valence-electron chi connectivity index (χ3n) is 3.58. The van der Waals surface area contributed by atoms with Gasteiger partial charge in [-0.15, -0.1) is 0 Å². The molecule has 0 unspecified atom stereocenters. The minimum Gasteiger partial charge on any atom is -0.481 e. The molecule has 0 atom stereocenters. The lowest BCUT2D eigenvalue weighted by Gasteiger charge is -2.16. The first-order chi connectivity index (χ1) is 9.17. The number of carboxylic acids is 1. The van der Waals surface area contributed by atoms with E-state index in [0.717, 1.165) is 12.8 Å². The van der Waals surface area contributed by atoms with Crippen molar-refractivity contribution in [1.29, 1.82) is 0 Å². The van der Waals surface area contributed by atoms with Gasteiger partial charge in [0.15, 0.2) is 0 Å². The number of carboxylic acid groups (broad SMARTS) is 1. The Morgan fingerprint density at radius 3 is 2.16 bits per heavy atom. The molecule has 0 fully saturated rings. The van der Waals surface area contributed by atoms with Gasteiger partial charge in [0, 0.05) is 6.42 Å². The summed E-state index contributed by atoms with van der Waals surface area (Å²) in [6.07, 6.45) is 6.81. The number of aliphatic carboxylic acids is 1. The van der Waals surface area contributed by atoms with Crippen molar-refractivity contribution < 1.29 is 9.90 Å². The maximum Gasteiger partial charge on any atom is 0.303 e. The lowest BCUT2D eigenvalue weighted by Crippen LogP contribution is -1.99. The molecule has 0 aliphatic carbocycles. The lowest BCUT2D eigenvalue weighted by atomic mass is 9.89. The number of rotatable bonds is 9. The minimum absolute atomic E-state index is 0.260. The van der Waals surface area contributed by atoms with Crippen molar-refractivity contribution in [3.63, 3.8) is 0 Å². The Bertz CT molecular complexity index is 361. The van der Waals surface area contributed by atoms with Gasteiger partial charge in [-0.3, -0.25) is 4.79 Å². The van der Waals surface area contributed by atoms with Gasteiger partial charge in [0.25, 0.3) is 0 Å². The quantitative estimate of drug-likeness (QED) is 0.695. The molecule has 1 aromatic carbocycles. The van der Waals surface area contributed by atoms with Crippen molar-refractivity contribution in [2.24, 2.45) is 0 Å². The molecule has 1 N–H and O–H groups in total. The van der Waals surface area contributed by atoms with Crippen LogP contribution in [0.2, 0.25) is 0 Å². The van der Waals surface area contributed by atoms with Crippen molar-refractivity contribution in [2.45, 2.75) is 64.7 Å². The average molecular weight is 262 g/mol. The number of benzene rings is 1. The highest BCUT2D eigenvalue weighted by Crippen LogP contribution is 2.26. The van der Waals surface area contributed by atoms with Gasteiger partial charge in [0.05, 0.1) is 0 Å². The third-order valence-corrected chi connectivity index (χ3v) is 3.58. The van der Waals surface area contributed by atoms with Gasteiger partial charge in [-0.1, -0.05) is 51.0 Å². The predicted octanol–water partition coefficient (Wildman–Crippen LogP) is 4.78. The van der Waals surface area contributed by atoms with Crippen molar-refractivity contribution in [2.75, 3.05) is 0 Å². The molecule has 1 aromatic rings. The first-order valence-corrected chi connectivity index (χ1v) is 7.48. The Morgan fingerprint density at radius 1 is 1.11 bits per heavy atom. The maximum absolute atomic E-state index is 10.5. The Balaban J connectivity index is 2.55. The smallest absolute Gasteiger partial charge is 0.303 e. The molecule has 19 heavy (non-hydrogen) atoms. The Labute approximate surface area is 116 Å². The topological polar surface area (TPSA) is 37.3 Å². The first-order valence-electron chi connectivity index (χ1n) is 7.48. The van der Waals surface area contributed by atoms with E-state index in [1.807, 2.05) is 0 Å². The molecule has 0 bridgehead atoms. The van der Waals surface area contributed by atoms with E-state index in [0.29, 0.717) is 5.92 Å². The van der Waals surface area contributed by atoms with Crippen LogP contribution in [0.5, 0.6) is 0 Å². The van der Waals surface area contributed by atoms with E-state index < -0.39 is 5.97 Å². The predicted molar refractivity (Wildman–Crippen MR) is 79.6 cm³/mol. The lowest BCUT2D eigenvalue weighted by molar-refractivity contribution is -0.137. The molecular weight excluding hydrogens is 236 g/mol. The molecule has 0 spiro atoms. The number of hydrogen-bond acceptors (Lipinski definition) is 1. The molecule has 0 saturated carbocycles. The van der Waals surface area contributed by atoms with Gasteiger partial charge in [-0.2, -0.15) is 0 Å². The van der Waals surface area contributed by atoms with Crippen LogP contribution in [-0.4, -0.2) is 11.1 Å². The molecule has 1 rings (SSSR count). The minimum atomic E-state index is -0.706. The van der Waals surface area contributed by atoms with E-state index in [1.54, 1.807) is 0 Å². The number of hydrogen-bond donors (Lipinski definition) is 1. The zero-order valence-corrected chi connectivity index (χ0v) is 12.2. The van der Waals surface area contributed by atoms with E-state index in [2.05, 4.69) is 38.1 Å². The van der Waals surface area contributed by atoms with E-state index >= 15 is 0 Å². The second-order valence-electron chi connectivity index (χ2n) is 5.26. The van der Waals surface area contributed by atoms with Crippen LogP contribution >= 0.6 is 0 Å². The SMILES string of the molecule is CCCC(CCC)c1ccc(CCCC(=O)O)cc1. The van der Waals surface area contributed by atoms with Gasteiger partial charge in [0.1, 0.15) is 0 Å². The van der Waals surface area contributed by atoms with Gasteiger partial charge in [-0.25, -0.2) is 0 Å². The molecule has 0 radical (unpaired) electrons. The number of aryl methyl sites for hydroxylation is 1. The molecule has 0 aliphatic heterocycles. The van der Waals surface area contributed by atoms with Crippen LogP contribution in [0.3, 0.4) is 0 Å². The zero-order valence-electron chi connectivity index (χ0n) is 12.2. The standard InChI is InChI=1S/C17H26O2/c1-3-6-15(7-4-2)16-12-10-14(11-13-16)8-5-9-17(18)19/h10-13,15H,3-9H2,1-2H3,(H,18,19). The summed E-state index contributed by atoms with van der Waals surface area (Å²) in [6.45, 7) is 4.48. The van der Waals surface area contributed by atoms with Crippen LogP contribution in [0.15, 0.2) is 24.3 Å². The van der Waals surface area contributed by atoms with Crippen molar-refractivity contribution in [1.82, 2.24) is 0 Å². The molecule has 2 heteroatoms. The Hall–Kier alpha value is -1.31. The second kappa shape index (κ2) is 8.73.